The van der Waals surface area contributed by atoms with Crippen LogP contribution in [0.2, 0.25) is 5.02 Å². The molecule has 4 nitrogen and oxygen atoms in total. The Morgan fingerprint density at radius 1 is 1.44 bits per heavy atom. The number of nitrogens with one attached hydrogen (secondary N) is 1. The van der Waals surface area contributed by atoms with Gasteiger partial charge in [-0.1, -0.05) is 11.6 Å². The summed E-state index contributed by atoms with van der Waals surface area (Å²) in [6, 6.07) is 3.71. The minimum Gasteiger partial charge on any atom is -0.352 e. The van der Waals surface area contributed by atoms with E-state index >= 15 is 0 Å². The predicted octanol–water partition coefficient (Wildman–Crippen LogP) is 2.02. The van der Waals surface area contributed by atoms with Crippen molar-refractivity contribution in [2.24, 2.45) is 0 Å². The molecule has 0 atom stereocenters. The molecule has 0 aliphatic heterocycles. The van der Waals surface area contributed by atoms with Crippen molar-refractivity contribution in [3.63, 3.8) is 0 Å². The number of hydrogen-bond acceptors (Lipinski definition) is 3. The van der Waals surface area contributed by atoms with E-state index < -0.39 is 15.0 Å². The maximum absolute atomic E-state index is 11.5. The highest BCUT2D eigenvalue weighted by atomic mass is 35.7. The molecule has 1 aromatic rings. The van der Waals surface area contributed by atoms with Crippen LogP contribution in [0.1, 0.15) is 17.3 Å². The fourth-order valence-corrected chi connectivity index (χ4v) is 2.07. The minimum atomic E-state index is -3.86. The Bertz CT molecular complexity index is 513. The first kappa shape index (κ1) is 13.3. The SMILES string of the molecule is CCNC(=O)c1cc(S(=O)(=O)Cl)ccc1Cl. The van der Waals surface area contributed by atoms with E-state index in [2.05, 4.69) is 5.32 Å². The molecule has 0 heterocycles. The van der Waals surface area contributed by atoms with Gasteiger partial charge in [0.05, 0.1) is 15.5 Å². The first-order valence-corrected chi connectivity index (χ1v) is 7.07. The fourth-order valence-electron chi connectivity index (χ4n) is 1.09. The van der Waals surface area contributed by atoms with Crippen LogP contribution in [0.5, 0.6) is 0 Å². The molecule has 0 saturated heterocycles. The highest BCUT2D eigenvalue weighted by Gasteiger charge is 2.16. The van der Waals surface area contributed by atoms with Crippen molar-refractivity contribution in [1.82, 2.24) is 5.32 Å². The molecular formula is C9H9Cl2NO3S. The largest absolute Gasteiger partial charge is 0.352 e. The zero-order chi connectivity index (χ0) is 12.3. The Hall–Kier alpha value is -0.780. The average molecular weight is 282 g/mol. The normalized spacial score (nSPS) is 11.2. The first-order valence-electron chi connectivity index (χ1n) is 4.38. The zero-order valence-electron chi connectivity index (χ0n) is 8.33. The van der Waals surface area contributed by atoms with Crippen LogP contribution >= 0.6 is 22.3 Å². The Labute approximate surface area is 103 Å². The molecular weight excluding hydrogens is 273 g/mol. The van der Waals surface area contributed by atoms with Crippen LogP contribution in [0.25, 0.3) is 0 Å². The van der Waals surface area contributed by atoms with Crippen molar-refractivity contribution in [2.75, 3.05) is 6.54 Å². The van der Waals surface area contributed by atoms with E-state index in [4.69, 9.17) is 22.3 Å². The molecule has 0 aliphatic carbocycles. The van der Waals surface area contributed by atoms with Crippen molar-refractivity contribution in [3.8, 4) is 0 Å². The van der Waals surface area contributed by atoms with E-state index in [0.29, 0.717) is 6.54 Å². The molecule has 1 amide bonds. The van der Waals surface area contributed by atoms with Crippen LogP contribution in [0, 0.1) is 0 Å². The average Bonchev–Trinajstić information content (AvgIpc) is 2.16. The Morgan fingerprint density at radius 3 is 2.56 bits per heavy atom. The summed E-state index contributed by atoms with van der Waals surface area (Å²) in [6.07, 6.45) is 0. The maximum Gasteiger partial charge on any atom is 0.261 e. The third-order valence-corrected chi connectivity index (χ3v) is 3.48. The monoisotopic (exact) mass is 281 g/mol. The van der Waals surface area contributed by atoms with Crippen LogP contribution < -0.4 is 5.32 Å². The molecule has 1 rings (SSSR count). The molecule has 0 aromatic heterocycles. The lowest BCUT2D eigenvalue weighted by molar-refractivity contribution is 0.0956. The zero-order valence-corrected chi connectivity index (χ0v) is 10.7. The van der Waals surface area contributed by atoms with Gasteiger partial charge in [0, 0.05) is 17.2 Å². The molecule has 0 unspecified atom stereocenters. The van der Waals surface area contributed by atoms with Gasteiger partial charge in [-0.05, 0) is 25.1 Å². The molecule has 1 N–H and O–H groups in total. The molecule has 0 bridgehead atoms. The van der Waals surface area contributed by atoms with Gasteiger partial charge in [0.2, 0.25) is 0 Å². The third-order valence-electron chi connectivity index (χ3n) is 1.80. The van der Waals surface area contributed by atoms with Gasteiger partial charge in [-0.25, -0.2) is 8.42 Å². The number of halogens is 2. The van der Waals surface area contributed by atoms with E-state index in [1.165, 1.54) is 12.1 Å². The summed E-state index contributed by atoms with van der Waals surface area (Å²) in [6.45, 7) is 2.17. The maximum atomic E-state index is 11.5. The predicted molar refractivity (Wildman–Crippen MR) is 62.5 cm³/mol. The Morgan fingerprint density at radius 2 is 2.06 bits per heavy atom. The van der Waals surface area contributed by atoms with Crippen molar-refractivity contribution >= 4 is 37.2 Å². The first-order chi connectivity index (χ1) is 7.36. The van der Waals surface area contributed by atoms with E-state index in [-0.39, 0.29) is 15.5 Å². The number of amides is 1. The molecule has 16 heavy (non-hydrogen) atoms. The molecule has 0 radical (unpaired) electrons. The van der Waals surface area contributed by atoms with E-state index in [1.807, 2.05) is 0 Å². The van der Waals surface area contributed by atoms with Crippen LogP contribution in [-0.2, 0) is 9.05 Å². The van der Waals surface area contributed by atoms with Gasteiger partial charge in [0.25, 0.3) is 15.0 Å². The smallest absolute Gasteiger partial charge is 0.261 e. The summed E-state index contributed by atoms with van der Waals surface area (Å²) < 4.78 is 22.1. The third kappa shape index (κ3) is 3.10. The van der Waals surface area contributed by atoms with Crippen molar-refractivity contribution in [3.05, 3.63) is 28.8 Å². The van der Waals surface area contributed by atoms with E-state index in [9.17, 15) is 13.2 Å². The fraction of sp³-hybridized carbons (Fsp3) is 0.222. The molecule has 0 aliphatic rings. The molecule has 0 fully saturated rings. The second-order valence-electron chi connectivity index (χ2n) is 2.94. The van der Waals surface area contributed by atoms with Gasteiger partial charge in [0.15, 0.2) is 0 Å². The number of carbonyl (C=O) groups excluding carboxylic acids is 1. The summed E-state index contributed by atoms with van der Waals surface area (Å²) in [5.74, 6) is -0.435. The lowest BCUT2D eigenvalue weighted by Gasteiger charge is -2.05. The molecule has 0 spiro atoms. The second-order valence-corrected chi connectivity index (χ2v) is 5.91. The summed E-state index contributed by atoms with van der Waals surface area (Å²) >= 11 is 5.78. The number of rotatable bonds is 3. The highest BCUT2D eigenvalue weighted by Crippen LogP contribution is 2.22. The number of benzene rings is 1. The van der Waals surface area contributed by atoms with Crippen molar-refractivity contribution in [2.45, 2.75) is 11.8 Å². The number of hydrogen-bond donors (Lipinski definition) is 1. The Kier molecular flexibility index (Phi) is 4.18. The lowest BCUT2D eigenvalue weighted by atomic mass is 10.2. The van der Waals surface area contributed by atoms with Crippen LogP contribution in [0.4, 0.5) is 0 Å². The second kappa shape index (κ2) is 5.03. The van der Waals surface area contributed by atoms with Crippen LogP contribution in [0.15, 0.2) is 23.1 Å². The summed E-state index contributed by atoms with van der Waals surface area (Å²) in [7, 11) is 1.31. The van der Waals surface area contributed by atoms with Crippen molar-refractivity contribution in [1.29, 1.82) is 0 Å². The molecule has 1 aromatic carbocycles. The van der Waals surface area contributed by atoms with E-state index in [1.54, 1.807) is 6.92 Å². The topological polar surface area (TPSA) is 63.2 Å². The number of carbonyl (C=O) groups is 1. The van der Waals surface area contributed by atoms with Gasteiger partial charge in [-0.2, -0.15) is 0 Å². The minimum absolute atomic E-state index is 0.0882. The highest BCUT2D eigenvalue weighted by molar-refractivity contribution is 8.13. The molecule has 0 saturated carbocycles. The Balaban J connectivity index is 3.24. The van der Waals surface area contributed by atoms with Gasteiger partial charge >= 0.3 is 0 Å². The van der Waals surface area contributed by atoms with Gasteiger partial charge in [0.1, 0.15) is 0 Å². The molecule has 7 heteroatoms. The summed E-state index contributed by atoms with van der Waals surface area (Å²) in [4.78, 5) is 11.4. The summed E-state index contributed by atoms with van der Waals surface area (Å²) in [5.41, 5.74) is 0.0882. The lowest BCUT2D eigenvalue weighted by Crippen LogP contribution is -2.23. The quantitative estimate of drug-likeness (QED) is 0.863. The van der Waals surface area contributed by atoms with E-state index in [0.717, 1.165) is 6.07 Å². The standard InChI is InChI=1S/C9H9Cl2NO3S/c1-2-12-9(13)7-5-6(16(11,14)15)3-4-8(7)10/h3-5H,2H2,1H3,(H,12,13). The van der Waals surface area contributed by atoms with Crippen molar-refractivity contribution < 1.29 is 13.2 Å². The molecule has 88 valence electrons. The van der Waals surface area contributed by atoms with Crippen LogP contribution in [0.3, 0.4) is 0 Å². The van der Waals surface area contributed by atoms with Gasteiger partial charge < -0.3 is 5.32 Å². The van der Waals surface area contributed by atoms with Crippen LogP contribution in [-0.4, -0.2) is 20.9 Å². The summed E-state index contributed by atoms with van der Waals surface area (Å²) in [5, 5.41) is 2.70. The van der Waals surface area contributed by atoms with Gasteiger partial charge in [-0.15, -0.1) is 0 Å². The van der Waals surface area contributed by atoms with Gasteiger partial charge in [-0.3, -0.25) is 4.79 Å².